The first-order valence-electron chi connectivity index (χ1n) is 5.96. The number of nitrogens with one attached hydrogen (secondary N) is 1. The normalized spacial score (nSPS) is 21.1. The average molecular weight is 236 g/mol. The largest absolute Gasteiger partial charge is 0.381 e. The predicted molar refractivity (Wildman–Crippen MR) is 66.3 cm³/mol. The highest BCUT2D eigenvalue weighted by molar-refractivity contribution is 5.22. The van der Waals surface area contributed by atoms with E-state index in [9.17, 15) is 0 Å². The average Bonchev–Trinajstić information content (AvgIpc) is 2.42. The molecule has 0 radical (unpaired) electrons. The molecular weight excluding hydrogens is 216 g/mol. The third-order valence-corrected chi connectivity index (χ3v) is 3.57. The molecule has 1 aromatic carbocycles. The molecule has 0 amide bonds. The monoisotopic (exact) mass is 236 g/mol. The van der Waals surface area contributed by atoms with Crippen LogP contribution in [0, 0.1) is 0 Å². The number of rotatable bonds is 4. The van der Waals surface area contributed by atoms with Crippen molar-refractivity contribution in [2.75, 3.05) is 20.3 Å². The summed E-state index contributed by atoms with van der Waals surface area (Å²) in [7, 11) is 1.75. The second kappa shape index (κ2) is 5.60. The van der Waals surface area contributed by atoms with Crippen molar-refractivity contribution in [3.05, 3.63) is 35.9 Å². The summed E-state index contributed by atoms with van der Waals surface area (Å²) in [6.45, 7) is 1.44. The smallest absolute Gasteiger partial charge is 0.0929 e. The van der Waals surface area contributed by atoms with Gasteiger partial charge in [-0.15, -0.1) is 0 Å². The van der Waals surface area contributed by atoms with Crippen molar-refractivity contribution in [1.82, 2.24) is 5.43 Å². The van der Waals surface area contributed by atoms with Crippen molar-refractivity contribution in [2.24, 2.45) is 5.84 Å². The minimum Gasteiger partial charge on any atom is -0.381 e. The maximum absolute atomic E-state index is 5.76. The Morgan fingerprint density at radius 2 is 1.94 bits per heavy atom. The van der Waals surface area contributed by atoms with Gasteiger partial charge in [0, 0.05) is 33.2 Å². The van der Waals surface area contributed by atoms with Crippen LogP contribution in [0.25, 0.3) is 0 Å². The summed E-state index contributed by atoms with van der Waals surface area (Å²) in [6, 6.07) is 10.2. The van der Waals surface area contributed by atoms with Crippen LogP contribution in [-0.4, -0.2) is 25.9 Å². The summed E-state index contributed by atoms with van der Waals surface area (Å²) < 4.78 is 11.2. The molecule has 0 saturated carbocycles. The van der Waals surface area contributed by atoms with E-state index in [1.165, 1.54) is 0 Å². The Labute approximate surface area is 102 Å². The summed E-state index contributed by atoms with van der Waals surface area (Å²) >= 11 is 0. The van der Waals surface area contributed by atoms with E-state index >= 15 is 0 Å². The predicted octanol–water partition coefficient (Wildman–Crippen LogP) is 1.39. The number of hydrogen-bond donors (Lipinski definition) is 2. The number of nitrogens with two attached hydrogens (primary N) is 1. The molecule has 94 valence electrons. The minimum absolute atomic E-state index is 0.00222. The van der Waals surface area contributed by atoms with E-state index in [1.54, 1.807) is 7.11 Å². The fraction of sp³-hybridized carbons (Fsp3) is 0.538. The highest BCUT2D eigenvalue weighted by Gasteiger charge is 2.40. The second-order valence-electron chi connectivity index (χ2n) is 4.39. The molecule has 2 rings (SSSR count). The first-order chi connectivity index (χ1) is 8.32. The molecule has 1 aliphatic rings. The fourth-order valence-corrected chi connectivity index (χ4v) is 2.52. The summed E-state index contributed by atoms with van der Waals surface area (Å²) in [4.78, 5) is 0. The van der Waals surface area contributed by atoms with E-state index in [0.29, 0.717) is 0 Å². The molecule has 4 heteroatoms. The van der Waals surface area contributed by atoms with Gasteiger partial charge in [-0.05, 0) is 5.56 Å². The lowest BCUT2D eigenvalue weighted by Crippen LogP contribution is -2.51. The minimum atomic E-state index is -0.269. The van der Waals surface area contributed by atoms with Crippen LogP contribution in [0.4, 0.5) is 0 Å². The van der Waals surface area contributed by atoms with Crippen molar-refractivity contribution in [3.63, 3.8) is 0 Å². The zero-order chi connectivity index (χ0) is 12.1. The Kier molecular flexibility index (Phi) is 4.12. The molecule has 17 heavy (non-hydrogen) atoms. The maximum Gasteiger partial charge on any atom is 0.0929 e. The van der Waals surface area contributed by atoms with Crippen molar-refractivity contribution < 1.29 is 9.47 Å². The number of hydrazine groups is 1. The SMILES string of the molecule is COC1(C(NN)c2ccccc2)CCOCC1. The summed E-state index contributed by atoms with van der Waals surface area (Å²) in [5, 5.41) is 0. The van der Waals surface area contributed by atoms with E-state index in [2.05, 4.69) is 17.6 Å². The highest BCUT2D eigenvalue weighted by atomic mass is 16.5. The Morgan fingerprint density at radius 1 is 1.29 bits per heavy atom. The lowest BCUT2D eigenvalue weighted by molar-refractivity contribution is -0.111. The van der Waals surface area contributed by atoms with Gasteiger partial charge in [-0.2, -0.15) is 0 Å². The molecular formula is C13H20N2O2. The first-order valence-corrected chi connectivity index (χ1v) is 5.96. The number of methoxy groups -OCH3 is 1. The quantitative estimate of drug-likeness (QED) is 0.612. The van der Waals surface area contributed by atoms with Crippen molar-refractivity contribution >= 4 is 0 Å². The topological polar surface area (TPSA) is 56.5 Å². The highest BCUT2D eigenvalue weighted by Crippen LogP contribution is 2.36. The Morgan fingerprint density at radius 3 is 2.47 bits per heavy atom. The van der Waals surface area contributed by atoms with Crippen molar-refractivity contribution in [3.8, 4) is 0 Å². The van der Waals surface area contributed by atoms with Gasteiger partial charge in [-0.3, -0.25) is 11.3 Å². The molecule has 1 atom stereocenters. The van der Waals surface area contributed by atoms with Crippen LogP contribution < -0.4 is 11.3 Å². The fourth-order valence-electron chi connectivity index (χ4n) is 2.52. The maximum atomic E-state index is 5.76. The van der Waals surface area contributed by atoms with Gasteiger partial charge in [-0.1, -0.05) is 30.3 Å². The van der Waals surface area contributed by atoms with Gasteiger partial charge in [-0.25, -0.2) is 0 Å². The van der Waals surface area contributed by atoms with Crippen LogP contribution in [-0.2, 0) is 9.47 Å². The van der Waals surface area contributed by atoms with Crippen LogP contribution in [0.3, 0.4) is 0 Å². The third kappa shape index (κ3) is 2.50. The summed E-state index contributed by atoms with van der Waals surface area (Å²) in [5.74, 6) is 5.73. The lowest BCUT2D eigenvalue weighted by atomic mass is 9.82. The van der Waals surface area contributed by atoms with Crippen molar-refractivity contribution in [1.29, 1.82) is 0 Å². The van der Waals surface area contributed by atoms with E-state index in [-0.39, 0.29) is 11.6 Å². The molecule has 4 nitrogen and oxygen atoms in total. The summed E-state index contributed by atoms with van der Waals surface area (Å²) in [6.07, 6.45) is 1.71. The van der Waals surface area contributed by atoms with E-state index in [1.807, 2.05) is 18.2 Å². The van der Waals surface area contributed by atoms with Crippen LogP contribution in [0.1, 0.15) is 24.4 Å². The van der Waals surface area contributed by atoms with Gasteiger partial charge < -0.3 is 9.47 Å². The standard InChI is InChI=1S/C13H20N2O2/c1-16-13(7-9-17-10-8-13)12(15-14)11-5-3-2-4-6-11/h2-6,12,15H,7-10,14H2,1H3. The van der Waals surface area contributed by atoms with E-state index in [4.69, 9.17) is 15.3 Å². The van der Waals surface area contributed by atoms with E-state index in [0.717, 1.165) is 31.6 Å². The molecule has 1 unspecified atom stereocenters. The van der Waals surface area contributed by atoms with Crippen molar-refractivity contribution in [2.45, 2.75) is 24.5 Å². The number of benzene rings is 1. The van der Waals surface area contributed by atoms with Gasteiger partial charge in [0.15, 0.2) is 0 Å². The molecule has 1 fully saturated rings. The molecule has 1 aliphatic heterocycles. The van der Waals surface area contributed by atoms with Gasteiger partial charge in [0.2, 0.25) is 0 Å². The third-order valence-electron chi connectivity index (χ3n) is 3.57. The summed E-state index contributed by atoms with van der Waals surface area (Å²) in [5.41, 5.74) is 3.78. The zero-order valence-electron chi connectivity index (χ0n) is 10.2. The first kappa shape index (κ1) is 12.5. The molecule has 3 N–H and O–H groups in total. The Bertz CT molecular complexity index is 337. The van der Waals surface area contributed by atoms with Gasteiger partial charge in [0.05, 0.1) is 11.6 Å². The molecule has 1 aromatic rings. The van der Waals surface area contributed by atoms with Gasteiger partial charge in [0.1, 0.15) is 0 Å². The number of ether oxygens (including phenoxy) is 2. The lowest BCUT2D eigenvalue weighted by Gasteiger charge is -2.42. The molecule has 0 bridgehead atoms. The van der Waals surface area contributed by atoms with Crippen LogP contribution in [0.2, 0.25) is 0 Å². The Hall–Kier alpha value is -0.940. The molecule has 0 aliphatic carbocycles. The van der Waals surface area contributed by atoms with E-state index < -0.39 is 0 Å². The molecule has 1 saturated heterocycles. The molecule has 0 spiro atoms. The molecule has 0 aromatic heterocycles. The van der Waals surface area contributed by atoms with Crippen LogP contribution in [0.15, 0.2) is 30.3 Å². The van der Waals surface area contributed by atoms with Crippen LogP contribution >= 0.6 is 0 Å². The zero-order valence-corrected chi connectivity index (χ0v) is 10.2. The Balaban J connectivity index is 2.26. The molecule has 1 heterocycles. The van der Waals surface area contributed by atoms with Gasteiger partial charge in [0.25, 0.3) is 0 Å². The van der Waals surface area contributed by atoms with Gasteiger partial charge >= 0.3 is 0 Å². The van der Waals surface area contributed by atoms with Crippen LogP contribution in [0.5, 0.6) is 0 Å². The second-order valence-corrected chi connectivity index (χ2v) is 4.39. The number of hydrogen-bond acceptors (Lipinski definition) is 4.